The number of ether oxygens (including phenoxy) is 1. The first-order valence-corrected chi connectivity index (χ1v) is 10.5. The van der Waals surface area contributed by atoms with Crippen LogP contribution in [0.25, 0.3) is 0 Å². The highest BCUT2D eigenvalue weighted by Gasteiger charge is 2.17. The summed E-state index contributed by atoms with van der Waals surface area (Å²) in [4.78, 5) is 19.4. The number of hydrogen-bond donors (Lipinski definition) is 0. The Balaban J connectivity index is 1.60. The van der Waals surface area contributed by atoms with Crippen molar-refractivity contribution in [2.75, 3.05) is 11.4 Å². The summed E-state index contributed by atoms with van der Waals surface area (Å²) in [6.07, 6.45) is 2.33. The van der Waals surface area contributed by atoms with Crippen molar-refractivity contribution >= 4 is 22.9 Å². The van der Waals surface area contributed by atoms with E-state index in [4.69, 9.17) is 4.74 Å². The van der Waals surface area contributed by atoms with E-state index < -0.39 is 0 Å². The number of amides is 1. The number of hydrogen-bond acceptors (Lipinski definition) is 4. The predicted molar refractivity (Wildman–Crippen MR) is 115 cm³/mol. The minimum absolute atomic E-state index is 0.0796. The molecule has 4 nitrogen and oxygen atoms in total. The highest BCUT2D eigenvalue weighted by Crippen LogP contribution is 2.19. The summed E-state index contributed by atoms with van der Waals surface area (Å²) in [6.45, 7) is 5.33. The molecule has 3 rings (SSSR count). The number of rotatable bonds is 9. The van der Waals surface area contributed by atoms with Crippen molar-refractivity contribution in [3.8, 4) is 5.75 Å². The molecule has 1 aromatic heterocycles. The van der Waals surface area contributed by atoms with Gasteiger partial charge in [-0.15, -0.1) is 11.3 Å². The molecule has 2 aromatic carbocycles. The summed E-state index contributed by atoms with van der Waals surface area (Å²) >= 11 is 1.53. The molecule has 28 heavy (non-hydrogen) atoms. The molecule has 0 unspecified atom stereocenters. The fourth-order valence-electron chi connectivity index (χ4n) is 2.85. The Morgan fingerprint density at radius 3 is 2.57 bits per heavy atom. The van der Waals surface area contributed by atoms with E-state index in [2.05, 4.69) is 11.9 Å². The summed E-state index contributed by atoms with van der Waals surface area (Å²) in [5.41, 5.74) is 2.95. The molecular weight excluding hydrogens is 368 g/mol. The zero-order valence-corrected chi connectivity index (χ0v) is 17.2. The Bertz CT molecular complexity index is 875. The van der Waals surface area contributed by atoms with Gasteiger partial charge in [0.25, 0.3) is 0 Å². The number of carbonyl (C=O) groups is 1. The van der Waals surface area contributed by atoms with Gasteiger partial charge in [0.1, 0.15) is 17.4 Å². The lowest BCUT2D eigenvalue weighted by atomic mass is 10.2. The van der Waals surface area contributed by atoms with Crippen LogP contribution in [0.4, 0.5) is 5.69 Å². The van der Waals surface area contributed by atoms with E-state index in [1.165, 1.54) is 16.9 Å². The quantitative estimate of drug-likeness (QED) is 0.487. The van der Waals surface area contributed by atoms with Crippen LogP contribution in [0.15, 0.2) is 60.0 Å². The van der Waals surface area contributed by atoms with E-state index in [0.29, 0.717) is 13.0 Å². The zero-order valence-electron chi connectivity index (χ0n) is 16.4. The van der Waals surface area contributed by atoms with Crippen molar-refractivity contribution in [3.63, 3.8) is 0 Å². The molecule has 1 amide bonds. The number of anilines is 1. The van der Waals surface area contributed by atoms with Gasteiger partial charge in [-0.2, -0.15) is 0 Å². The van der Waals surface area contributed by atoms with Crippen molar-refractivity contribution < 1.29 is 9.53 Å². The molecule has 0 N–H and O–H groups in total. The van der Waals surface area contributed by atoms with E-state index in [1.807, 2.05) is 71.8 Å². The van der Waals surface area contributed by atoms with E-state index in [9.17, 15) is 4.79 Å². The second-order valence-electron chi connectivity index (χ2n) is 6.75. The topological polar surface area (TPSA) is 42.4 Å². The number of nitrogens with zero attached hydrogens (tertiary/aromatic N) is 2. The molecule has 0 atom stereocenters. The number of aryl methyl sites for hydroxylation is 1. The fourth-order valence-corrected chi connectivity index (χ4v) is 3.55. The first-order valence-electron chi connectivity index (χ1n) is 9.64. The van der Waals surface area contributed by atoms with Crippen LogP contribution in [0.3, 0.4) is 0 Å². The summed E-state index contributed by atoms with van der Waals surface area (Å²) in [5, 5.41) is 2.83. The van der Waals surface area contributed by atoms with Gasteiger partial charge in [-0.05, 0) is 37.6 Å². The highest BCUT2D eigenvalue weighted by molar-refractivity contribution is 7.09. The predicted octanol–water partition coefficient (Wildman–Crippen LogP) is 5.41. The number of unbranched alkanes of at least 4 members (excludes halogenated alkanes) is 1. The number of para-hydroxylation sites is 1. The second-order valence-corrected chi connectivity index (χ2v) is 7.69. The van der Waals surface area contributed by atoms with E-state index >= 15 is 0 Å². The first kappa shape index (κ1) is 20.1. The minimum Gasteiger partial charge on any atom is -0.486 e. The van der Waals surface area contributed by atoms with Crippen LogP contribution in [0.1, 0.15) is 36.0 Å². The van der Waals surface area contributed by atoms with Gasteiger partial charge < -0.3 is 9.64 Å². The molecule has 0 spiro atoms. The Kier molecular flexibility index (Phi) is 7.20. The van der Waals surface area contributed by atoms with Gasteiger partial charge in [0.05, 0.1) is 12.1 Å². The Hall–Kier alpha value is -2.66. The van der Waals surface area contributed by atoms with Crippen LogP contribution >= 0.6 is 11.3 Å². The Morgan fingerprint density at radius 1 is 1.11 bits per heavy atom. The minimum atomic E-state index is 0.0796. The van der Waals surface area contributed by atoms with Crippen molar-refractivity contribution in [1.29, 1.82) is 0 Å². The molecule has 0 aliphatic heterocycles. The lowest BCUT2D eigenvalue weighted by Gasteiger charge is -2.22. The van der Waals surface area contributed by atoms with Crippen LogP contribution < -0.4 is 9.64 Å². The van der Waals surface area contributed by atoms with Gasteiger partial charge in [-0.1, -0.05) is 49.2 Å². The maximum Gasteiger partial charge on any atom is 0.233 e. The number of benzene rings is 2. The fraction of sp³-hybridized carbons (Fsp3) is 0.304. The summed E-state index contributed by atoms with van der Waals surface area (Å²) < 4.78 is 5.79. The normalized spacial score (nSPS) is 10.6. The monoisotopic (exact) mass is 394 g/mol. The van der Waals surface area contributed by atoms with Gasteiger partial charge in [0.15, 0.2) is 0 Å². The second kappa shape index (κ2) is 10.0. The molecule has 0 radical (unpaired) electrons. The SMILES string of the molecule is CCCCN(C(=O)Cc1csc(COc2ccc(C)cc2)n1)c1ccccc1. The zero-order chi connectivity index (χ0) is 19.8. The summed E-state index contributed by atoms with van der Waals surface area (Å²) in [7, 11) is 0. The van der Waals surface area contributed by atoms with Crippen LogP contribution in [0.2, 0.25) is 0 Å². The van der Waals surface area contributed by atoms with Gasteiger partial charge >= 0.3 is 0 Å². The average Bonchev–Trinajstić information content (AvgIpc) is 3.16. The molecule has 0 aliphatic carbocycles. The maximum absolute atomic E-state index is 12.9. The Labute approximate surface area is 170 Å². The van der Waals surface area contributed by atoms with Gasteiger partial charge in [0, 0.05) is 17.6 Å². The summed E-state index contributed by atoms with van der Waals surface area (Å²) in [6, 6.07) is 17.8. The lowest BCUT2D eigenvalue weighted by molar-refractivity contribution is -0.118. The third-order valence-electron chi connectivity index (χ3n) is 4.42. The number of aromatic nitrogens is 1. The third kappa shape index (κ3) is 5.67. The number of thiazole rings is 1. The average molecular weight is 395 g/mol. The van der Waals surface area contributed by atoms with Crippen molar-refractivity contribution in [3.05, 3.63) is 76.2 Å². The largest absolute Gasteiger partial charge is 0.486 e. The van der Waals surface area contributed by atoms with Crippen LogP contribution in [-0.4, -0.2) is 17.4 Å². The number of carbonyl (C=O) groups excluding carboxylic acids is 1. The molecule has 5 heteroatoms. The standard InChI is InChI=1S/C23H26N2O2S/c1-3-4-14-25(20-8-6-5-7-9-20)23(26)15-19-17-28-22(24-19)16-27-21-12-10-18(2)11-13-21/h5-13,17H,3-4,14-16H2,1-2H3. The van der Waals surface area contributed by atoms with Crippen molar-refractivity contribution in [1.82, 2.24) is 4.98 Å². The first-order chi connectivity index (χ1) is 13.7. The van der Waals surface area contributed by atoms with Crippen LogP contribution in [-0.2, 0) is 17.8 Å². The van der Waals surface area contributed by atoms with E-state index in [0.717, 1.165) is 41.5 Å². The summed E-state index contributed by atoms with van der Waals surface area (Å²) in [5.74, 6) is 0.907. The van der Waals surface area contributed by atoms with Crippen LogP contribution in [0, 0.1) is 6.92 Å². The van der Waals surface area contributed by atoms with Gasteiger partial charge in [0.2, 0.25) is 5.91 Å². The van der Waals surface area contributed by atoms with Crippen molar-refractivity contribution in [2.24, 2.45) is 0 Å². The van der Waals surface area contributed by atoms with E-state index in [1.54, 1.807) is 0 Å². The maximum atomic E-state index is 12.9. The molecule has 3 aromatic rings. The van der Waals surface area contributed by atoms with E-state index in [-0.39, 0.29) is 5.91 Å². The smallest absolute Gasteiger partial charge is 0.233 e. The lowest BCUT2D eigenvalue weighted by Crippen LogP contribution is -2.33. The van der Waals surface area contributed by atoms with Gasteiger partial charge in [-0.3, -0.25) is 4.79 Å². The highest BCUT2D eigenvalue weighted by atomic mass is 32.1. The van der Waals surface area contributed by atoms with Gasteiger partial charge in [-0.25, -0.2) is 4.98 Å². The van der Waals surface area contributed by atoms with Crippen molar-refractivity contribution in [2.45, 2.75) is 39.7 Å². The molecule has 0 bridgehead atoms. The third-order valence-corrected chi connectivity index (χ3v) is 5.29. The Morgan fingerprint density at radius 2 is 1.86 bits per heavy atom. The molecule has 1 heterocycles. The molecule has 0 saturated heterocycles. The molecular formula is C23H26N2O2S. The molecule has 0 aliphatic rings. The molecule has 146 valence electrons. The molecule has 0 saturated carbocycles. The van der Waals surface area contributed by atoms with Crippen LogP contribution in [0.5, 0.6) is 5.75 Å². The molecule has 0 fully saturated rings.